The van der Waals surface area contributed by atoms with E-state index in [-0.39, 0.29) is 12.4 Å². The quantitative estimate of drug-likeness (QED) is 0.754. The van der Waals surface area contributed by atoms with E-state index >= 15 is 0 Å². The Morgan fingerprint density at radius 2 is 1.94 bits per heavy atom. The van der Waals surface area contributed by atoms with E-state index in [0.29, 0.717) is 11.3 Å². The predicted octanol–water partition coefficient (Wildman–Crippen LogP) is 3.22. The van der Waals surface area contributed by atoms with E-state index in [1.165, 1.54) is 12.1 Å². The molecule has 0 atom stereocenters. The molecule has 0 saturated heterocycles. The monoisotopic (exact) mass is 230 g/mol. The second-order valence-corrected chi connectivity index (χ2v) is 3.61. The highest BCUT2D eigenvalue weighted by Gasteiger charge is 1.98. The van der Waals surface area contributed by atoms with Crippen molar-refractivity contribution in [3.05, 3.63) is 65.5 Å². The topological polar surface area (TPSA) is 26.3 Å². The van der Waals surface area contributed by atoms with Crippen molar-refractivity contribution in [2.24, 2.45) is 0 Å². The van der Waals surface area contributed by atoms with Crippen LogP contribution in [-0.2, 0) is 6.61 Å². The molecule has 0 amide bonds. The number of ether oxygens (including phenoxy) is 1. The standard InChI is InChI=1S/C14H11FO2/c15-13-5-1-4-12(7-13)10-17-14-6-2-3-11(8-14)9-16/h1-9H,10H2. The fraction of sp³-hybridized carbons (Fsp3) is 0.0714. The molecular weight excluding hydrogens is 219 g/mol. The van der Waals surface area contributed by atoms with Gasteiger partial charge < -0.3 is 4.74 Å². The van der Waals surface area contributed by atoms with Crippen molar-refractivity contribution in [2.75, 3.05) is 0 Å². The van der Waals surface area contributed by atoms with E-state index in [9.17, 15) is 9.18 Å². The minimum Gasteiger partial charge on any atom is -0.489 e. The van der Waals surface area contributed by atoms with Gasteiger partial charge in [0.2, 0.25) is 0 Å². The van der Waals surface area contributed by atoms with Crippen LogP contribution in [0.4, 0.5) is 4.39 Å². The van der Waals surface area contributed by atoms with Crippen LogP contribution in [0, 0.1) is 5.82 Å². The summed E-state index contributed by atoms with van der Waals surface area (Å²) in [6, 6.07) is 13.1. The first-order chi connectivity index (χ1) is 8.28. The summed E-state index contributed by atoms with van der Waals surface area (Å²) in [4.78, 5) is 10.6. The summed E-state index contributed by atoms with van der Waals surface area (Å²) in [5, 5.41) is 0. The molecule has 0 bridgehead atoms. The SMILES string of the molecule is O=Cc1cccc(OCc2cccc(F)c2)c1. The van der Waals surface area contributed by atoms with Crippen LogP contribution in [0.15, 0.2) is 48.5 Å². The van der Waals surface area contributed by atoms with Gasteiger partial charge in [-0.1, -0.05) is 24.3 Å². The number of carbonyl (C=O) groups excluding carboxylic acids is 1. The third kappa shape index (κ3) is 3.14. The van der Waals surface area contributed by atoms with E-state index in [2.05, 4.69) is 0 Å². The number of halogens is 1. The van der Waals surface area contributed by atoms with Crippen LogP contribution in [0.1, 0.15) is 15.9 Å². The van der Waals surface area contributed by atoms with Gasteiger partial charge in [-0.05, 0) is 29.8 Å². The second kappa shape index (κ2) is 5.25. The van der Waals surface area contributed by atoms with Crippen molar-refractivity contribution < 1.29 is 13.9 Å². The van der Waals surface area contributed by atoms with Gasteiger partial charge in [0, 0.05) is 5.56 Å². The molecule has 0 N–H and O–H groups in total. The largest absolute Gasteiger partial charge is 0.489 e. The Morgan fingerprint density at radius 3 is 2.71 bits per heavy atom. The lowest BCUT2D eigenvalue weighted by Crippen LogP contribution is -1.96. The average Bonchev–Trinajstić information content (AvgIpc) is 2.37. The summed E-state index contributed by atoms with van der Waals surface area (Å²) in [6.45, 7) is 0.278. The van der Waals surface area contributed by atoms with Crippen LogP contribution in [0.2, 0.25) is 0 Å². The molecule has 0 unspecified atom stereocenters. The summed E-state index contributed by atoms with van der Waals surface area (Å²) in [6.07, 6.45) is 0.759. The van der Waals surface area contributed by atoms with Crippen LogP contribution < -0.4 is 4.74 Å². The number of hydrogen-bond donors (Lipinski definition) is 0. The molecular formula is C14H11FO2. The zero-order valence-corrected chi connectivity index (χ0v) is 9.10. The summed E-state index contributed by atoms with van der Waals surface area (Å²) in [7, 11) is 0. The number of aldehydes is 1. The first kappa shape index (κ1) is 11.3. The maximum Gasteiger partial charge on any atom is 0.150 e. The molecule has 0 aromatic heterocycles. The molecule has 2 aromatic rings. The van der Waals surface area contributed by atoms with Gasteiger partial charge in [0.15, 0.2) is 0 Å². The molecule has 2 aromatic carbocycles. The number of carbonyl (C=O) groups is 1. The van der Waals surface area contributed by atoms with Crippen molar-refractivity contribution in [1.82, 2.24) is 0 Å². The van der Waals surface area contributed by atoms with Gasteiger partial charge in [-0.2, -0.15) is 0 Å². The molecule has 2 rings (SSSR count). The van der Waals surface area contributed by atoms with Crippen molar-refractivity contribution >= 4 is 6.29 Å². The minimum absolute atomic E-state index is 0.278. The Bertz CT molecular complexity index is 523. The second-order valence-electron chi connectivity index (χ2n) is 3.61. The van der Waals surface area contributed by atoms with Crippen molar-refractivity contribution in [3.8, 4) is 5.75 Å². The Labute approximate surface area is 98.7 Å². The first-order valence-corrected chi connectivity index (χ1v) is 5.20. The van der Waals surface area contributed by atoms with Crippen LogP contribution in [0.25, 0.3) is 0 Å². The smallest absolute Gasteiger partial charge is 0.150 e. The average molecular weight is 230 g/mol. The molecule has 17 heavy (non-hydrogen) atoms. The normalized spacial score (nSPS) is 9.94. The highest BCUT2D eigenvalue weighted by atomic mass is 19.1. The van der Waals surface area contributed by atoms with Gasteiger partial charge in [0.25, 0.3) is 0 Å². The molecule has 3 heteroatoms. The fourth-order valence-corrected chi connectivity index (χ4v) is 1.47. The molecule has 2 nitrogen and oxygen atoms in total. The lowest BCUT2D eigenvalue weighted by Gasteiger charge is -2.06. The highest BCUT2D eigenvalue weighted by Crippen LogP contribution is 2.14. The number of benzene rings is 2. The Hall–Kier alpha value is -2.16. The lowest BCUT2D eigenvalue weighted by molar-refractivity contribution is 0.112. The maximum absolute atomic E-state index is 12.9. The fourth-order valence-electron chi connectivity index (χ4n) is 1.47. The molecule has 0 aliphatic heterocycles. The van der Waals surface area contributed by atoms with Gasteiger partial charge in [0.05, 0.1) is 0 Å². The highest BCUT2D eigenvalue weighted by molar-refractivity contribution is 5.75. The van der Waals surface area contributed by atoms with E-state index in [1.54, 1.807) is 36.4 Å². The van der Waals surface area contributed by atoms with E-state index in [1.807, 2.05) is 0 Å². The molecule has 86 valence electrons. The van der Waals surface area contributed by atoms with Crippen molar-refractivity contribution in [3.63, 3.8) is 0 Å². The summed E-state index contributed by atoms with van der Waals surface area (Å²) in [5.74, 6) is 0.312. The molecule has 0 aliphatic carbocycles. The summed E-state index contributed by atoms with van der Waals surface area (Å²) in [5.41, 5.74) is 1.31. The van der Waals surface area contributed by atoms with Gasteiger partial charge in [-0.15, -0.1) is 0 Å². The number of rotatable bonds is 4. The van der Waals surface area contributed by atoms with Gasteiger partial charge in [0.1, 0.15) is 24.5 Å². The van der Waals surface area contributed by atoms with Gasteiger partial charge in [-0.25, -0.2) is 4.39 Å². The van der Waals surface area contributed by atoms with E-state index in [4.69, 9.17) is 4.74 Å². The lowest BCUT2D eigenvalue weighted by atomic mass is 10.2. The minimum atomic E-state index is -0.284. The molecule has 0 radical (unpaired) electrons. The Morgan fingerprint density at radius 1 is 1.12 bits per heavy atom. The molecule has 0 heterocycles. The van der Waals surface area contributed by atoms with E-state index < -0.39 is 0 Å². The van der Waals surface area contributed by atoms with Crippen LogP contribution in [0.5, 0.6) is 5.75 Å². The van der Waals surface area contributed by atoms with Gasteiger partial charge >= 0.3 is 0 Å². The van der Waals surface area contributed by atoms with Gasteiger partial charge in [-0.3, -0.25) is 4.79 Å². The van der Waals surface area contributed by atoms with Crippen LogP contribution >= 0.6 is 0 Å². The van der Waals surface area contributed by atoms with Crippen LogP contribution in [0.3, 0.4) is 0 Å². The molecule has 0 spiro atoms. The predicted molar refractivity (Wildman–Crippen MR) is 62.6 cm³/mol. The third-order valence-electron chi connectivity index (χ3n) is 2.29. The van der Waals surface area contributed by atoms with Crippen LogP contribution in [-0.4, -0.2) is 6.29 Å². The summed E-state index contributed by atoms with van der Waals surface area (Å²) >= 11 is 0. The third-order valence-corrected chi connectivity index (χ3v) is 2.29. The first-order valence-electron chi connectivity index (χ1n) is 5.20. The maximum atomic E-state index is 12.9. The Balaban J connectivity index is 2.04. The zero-order valence-electron chi connectivity index (χ0n) is 9.10. The molecule has 0 saturated carbocycles. The molecule has 0 fully saturated rings. The number of hydrogen-bond acceptors (Lipinski definition) is 2. The van der Waals surface area contributed by atoms with E-state index in [0.717, 1.165) is 11.8 Å². The summed E-state index contributed by atoms with van der Waals surface area (Å²) < 4.78 is 18.4. The van der Waals surface area contributed by atoms with Crippen molar-refractivity contribution in [2.45, 2.75) is 6.61 Å². The Kier molecular flexibility index (Phi) is 3.50. The van der Waals surface area contributed by atoms with Crippen molar-refractivity contribution in [1.29, 1.82) is 0 Å². The molecule has 0 aliphatic rings. The zero-order chi connectivity index (χ0) is 12.1.